The number of carbonyl (C=O) groups excluding carboxylic acids is 1. The molecule has 156 valence electrons. The molecule has 0 aromatic heterocycles. The van der Waals surface area contributed by atoms with Gasteiger partial charge in [0.25, 0.3) is 6.23 Å². The number of hydrogen-bond acceptors (Lipinski definition) is 5. The number of nitrogens with zero attached hydrogens (tertiary/aromatic N) is 2. The Morgan fingerprint density at radius 3 is 2.45 bits per heavy atom. The van der Waals surface area contributed by atoms with E-state index < -0.39 is 6.23 Å². The number of halogens is 2. The Labute approximate surface area is 196 Å². The lowest BCUT2D eigenvalue weighted by atomic mass is 9.96. The van der Waals surface area contributed by atoms with E-state index >= 15 is 0 Å². The molecule has 5 rings (SSSR count). The summed E-state index contributed by atoms with van der Waals surface area (Å²) in [5.41, 5.74) is 3.52. The van der Waals surface area contributed by atoms with Crippen molar-refractivity contribution in [3.63, 3.8) is 0 Å². The highest BCUT2D eigenvalue weighted by Crippen LogP contribution is 2.44. The number of rotatable bonds is 4. The fourth-order valence-corrected chi connectivity index (χ4v) is 4.59. The van der Waals surface area contributed by atoms with Crippen LogP contribution in [-0.4, -0.2) is 29.8 Å². The number of hydrazone groups is 1. The van der Waals surface area contributed by atoms with Gasteiger partial charge in [-0.15, -0.1) is 0 Å². The molecule has 0 unspecified atom stereocenters. The normalized spacial score (nSPS) is 19.2. The second kappa shape index (κ2) is 8.13. The molecule has 0 bridgehead atoms. The predicted octanol–water partition coefficient (Wildman–Crippen LogP) is 5.97. The average molecular weight is 542 g/mol. The van der Waals surface area contributed by atoms with Gasteiger partial charge in [-0.05, 0) is 60.2 Å². The van der Waals surface area contributed by atoms with Crippen molar-refractivity contribution >= 4 is 43.4 Å². The van der Waals surface area contributed by atoms with Crippen LogP contribution >= 0.6 is 31.9 Å². The Balaban J connectivity index is 1.55. The maximum atomic E-state index is 13.4. The molecule has 2 atom stereocenters. The van der Waals surface area contributed by atoms with Crippen LogP contribution in [0.25, 0.3) is 0 Å². The number of ketones is 1. The molecule has 3 aromatic carbocycles. The van der Waals surface area contributed by atoms with Gasteiger partial charge in [0.05, 0.1) is 18.9 Å². The number of fused-ring (bicyclic) bond motifs is 3. The van der Waals surface area contributed by atoms with Gasteiger partial charge >= 0.3 is 0 Å². The first-order chi connectivity index (χ1) is 15.0. The van der Waals surface area contributed by atoms with E-state index in [0.717, 1.165) is 31.5 Å². The first kappa shape index (κ1) is 20.3. The molecule has 5 nitrogen and oxygen atoms in total. The SMILES string of the molecule is COc1ccc(C2=NN3[C@@H](C(=O)c4ccc(Br)cc4)Oc4ccc(Br)cc4[C@@H]3C2)cc1. The molecule has 2 aliphatic rings. The number of benzene rings is 3. The fourth-order valence-electron chi connectivity index (χ4n) is 3.95. The molecular formula is C24H18Br2N2O3. The summed E-state index contributed by atoms with van der Waals surface area (Å²) >= 11 is 6.97. The molecule has 0 amide bonds. The van der Waals surface area contributed by atoms with E-state index in [2.05, 4.69) is 31.9 Å². The van der Waals surface area contributed by atoms with E-state index in [1.165, 1.54) is 0 Å². The lowest BCUT2D eigenvalue weighted by Gasteiger charge is -2.37. The number of methoxy groups -OCH3 is 1. The van der Waals surface area contributed by atoms with Gasteiger partial charge in [-0.3, -0.25) is 4.79 Å². The molecule has 7 heteroatoms. The molecule has 31 heavy (non-hydrogen) atoms. The van der Waals surface area contributed by atoms with Crippen LogP contribution in [0, 0.1) is 0 Å². The van der Waals surface area contributed by atoms with Gasteiger partial charge in [0, 0.05) is 26.5 Å². The van der Waals surface area contributed by atoms with Crippen molar-refractivity contribution in [1.82, 2.24) is 5.01 Å². The Morgan fingerprint density at radius 1 is 1.03 bits per heavy atom. The summed E-state index contributed by atoms with van der Waals surface area (Å²) in [7, 11) is 1.65. The van der Waals surface area contributed by atoms with Crippen molar-refractivity contribution < 1.29 is 14.3 Å². The number of ether oxygens (including phenoxy) is 2. The highest BCUT2D eigenvalue weighted by Gasteiger charge is 2.43. The van der Waals surface area contributed by atoms with Gasteiger partial charge < -0.3 is 9.47 Å². The Kier molecular flexibility index (Phi) is 5.32. The second-order valence-electron chi connectivity index (χ2n) is 7.40. The van der Waals surface area contributed by atoms with E-state index in [9.17, 15) is 4.79 Å². The van der Waals surface area contributed by atoms with Crippen LogP contribution in [0.2, 0.25) is 0 Å². The van der Waals surface area contributed by atoms with Gasteiger partial charge in [0.15, 0.2) is 0 Å². The third-order valence-electron chi connectivity index (χ3n) is 5.53. The maximum Gasteiger partial charge on any atom is 0.251 e. The number of Topliss-reactive ketones (excluding diaryl/α,β-unsaturated/α-hetero) is 1. The van der Waals surface area contributed by atoms with Crippen LogP contribution in [0.5, 0.6) is 11.5 Å². The van der Waals surface area contributed by atoms with E-state index in [1.807, 2.05) is 54.6 Å². The summed E-state index contributed by atoms with van der Waals surface area (Å²) in [6, 6.07) is 20.9. The lowest BCUT2D eigenvalue weighted by molar-refractivity contribution is -0.00459. The molecule has 0 fully saturated rings. The minimum Gasteiger partial charge on any atom is -0.497 e. The second-order valence-corrected chi connectivity index (χ2v) is 9.23. The molecular weight excluding hydrogens is 524 g/mol. The largest absolute Gasteiger partial charge is 0.497 e. The summed E-state index contributed by atoms with van der Waals surface area (Å²) in [4.78, 5) is 13.4. The molecule has 2 aliphatic heterocycles. The Hall–Kier alpha value is -2.64. The summed E-state index contributed by atoms with van der Waals surface area (Å²) in [6.45, 7) is 0. The standard InChI is InChI=1S/C24H18Br2N2O3/c1-30-18-9-4-14(5-10-18)20-13-21-19-12-17(26)8-11-22(19)31-24(28(21)27-20)23(29)15-2-6-16(25)7-3-15/h2-12,21,24H,13H2,1H3/t21-,24+/m0/s1. The van der Waals surface area contributed by atoms with Gasteiger partial charge in [0.2, 0.25) is 5.78 Å². The summed E-state index contributed by atoms with van der Waals surface area (Å²) in [5, 5.41) is 6.65. The van der Waals surface area contributed by atoms with Crippen molar-refractivity contribution in [2.75, 3.05) is 7.11 Å². The molecule has 0 saturated heterocycles. The topological polar surface area (TPSA) is 51.1 Å². The minimum absolute atomic E-state index is 0.0808. The van der Waals surface area contributed by atoms with Crippen LogP contribution in [0.1, 0.15) is 33.9 Å². The van der Waals surface area contributed by atoms with Crippen LogP contribution in [0.15, 0.2) is 80.8 Å². The van der Waals surface area contributed by atoms with Crippen molar-refractivity contribution in [1.29, 1.82) is 0 Å². The quantitative estimate of drug-likeness (QED) is 0.382. The van der Waals surface area contributed by atoms with Gasteiger partial charge in [-0.1, -0.05) is 44.0 Å². The lowest BCUT2D eigenvalue weighted by Crippen LogP contribution is -2.45. The Bertz CT molecular complexity index is 1180. The monoisotopic (exact) mass is 540 g/mol. The summed E-state index contributed by atoms with van der Waals surface area (Å²) in [5.74, 6) is 1.39. The first-order valence-electron chi connectivity index (χ1n) is 9.79. The highest BCUT2D eigenvalue weighted by molar-refractivity contribution is 9.10. The van der Waals surface area contributed by atoms with Crippen molar-refractivity contribution in [2.24, 2.45) is 5.10 Å². The average Bonchev–Trinajstić information content (AvgIpc) is 3.24. The minimum atomic E-state index is -0.824. The van der Waals surface area contributed by atoms with E-state index in [0.29, 0.717) is 17.7 Å². The smallest absolute Gasteiger partial charge is 0.251 e. The molecule has 0 spiro atoms. The third kappa shape index (κ3) is 3.77. The van der Waals surface area contributed by atoms with Crippen molar-refractivity contribution in [3.05, 3.63) is 92.4 Å². The van der Waals surface area contributed by atoms with Gasteiger partial charge in [-0.25, -0.2) is 5.01 Å². The third-order valence-corrected chi connectivity index (χ3v) is 6.55. The van der Waals surface area contributed by atoms with E-state index in [4.69, 9.17) is 14.6 Å². The Morgan fingerprint density at radius 2 is 1.74 bits per heavy atom. The van der Waals surface area contributed by atoms with Gasteiger partial charge in [0.1, 0.15) is 11.5 Å². The van der Waals surface area contributed by atoms with Crippen molar-refractivity contribution in [3.8, 4) is 11.5 Å². The van der Waals surface area contributed by atoms with Crippen LogP contribution in [-0.2, 0) is 0 Å². The van der Waals surface area contributed by atoms with E-state index in [-0.39, 0.29) is 11.8 Å². The van der Waals surface area contributed by atoms with Crippen molar-refractivity contribution in [2.45, 2.75) is 18.7 Å². The zero-order chi connectivity index (χ0) is 21.5. The first-order valence-corrected chi connectivity index (χ1v) is 11.4. The fraction of sp³-hybridized carbons (Fsp3) is 0.167. The van der Waals surface area contributed by atoms with Crippen LogP contribution in [0.4, 0.5) is 0 Å². The number of hydrogen-bond donors (Lipinski definition) is 0. The predicted molar refractivity (Wildman–Crippen MR) is 126 cm³/mol. The van der Waals surface area contributed by atoms with Crippen LogP contribution < -0.4 is 9.47 Å². The molecule has 0 radical (unpaired) electrons. The molecule has 2 heterocycles. The zero-order valence-corrected chi connectivity index (χ0v) is 19.8. The maximum absolute atomic E-state index is 13.4. The summed E-state index contributed by atoms with van der Waals surface area (Å²) < 4.78 is 13.3. The van der Waals surface area contributed by atoms with Gasteiger partial charge in [-0.2, -0.15) is 5.10 Å². The van der Waals surface area contributed by atoms with E-state index in [1.54, 1.807) is 24.3 Å². The zero-order valence-electron chi connectivity index (χ0n) is 16.6. The molecule has 3 aromatic rings. The van der Waals surface area contributed by atoms with Crippen LogP contribution in [0.3, 0.4) is 0 Å². The highest BCUT2D eigenvalue weighted by atomic mass is 79.9. The molecule has 0 saturated carbocycles. The number of carbonyl (C=O) groups is 1. The molecule has 0 N–H and O–H groups in total. The molecule has 0 aliphatic carbocycles. The summed E-state index contributed by atoms with van der Waals surface area (Å²) in [6.07, 6.45) is -0.140.